The number of nitrogens with zero attached hydrogens (tertiary/aromatic N) is 1. The van der Waals surface area contributed by atoms with Crippen molar-refractivity contribution in [2.45, 2.75) is 43.9 Å². The average molecular weight is 246 g/mol. The second-order valence-corrected chi connectivity index (χ2v) is 6.48. The lowest BCUT2D eigenvalue weighted by Crippen LogP contribution is -2.36. The molecule has 0 atom stereocenters. The molecule has 0 saturated heterocycles. The minimum absolute atomic E-state index is 0.498. The molecule has 1 aromatic heterocycles. The first-order valence-corrected chi connectivity index (χ1v) is 7.07. The summed E-state index contributed by atoms with van der Waals surface area (Å²) in [6.45, 7) is 8.93. The zero-order valence-corrected chi connectivity index (χ0v) is 11.8. The number of hydrogen-bond donors (Lipinski definition) is 0. The molecular weight excluding hydrogens is 226 g/mol. The van der Waals surface area contributed by atoms with E-state index in [0.29, 0.717) is 11.3 Å². The Kier molecular flexibility index (Phi) is 3.72. The van der Waals surface area contributed by atoms with Crippen LogP contribution < -0.4 is 4.57 Å². The van der Waals surface area contributed by atoms with Gasteiger partial charge in [0.25, 0.3) is 0 Å². The van der Waals surface area contributed by atoms with Crippen molar-refractivity contribution in [2.75, 3.05) is 0 Å². The standard InChI is InChI=1S/C15H20NS/c1-11(2)16-10-9-15(17-12(3)4)13-7-5-6-8-14(13)16/h5-12H,1-4H3/q+1. The number of benzene rings is 1. The van der Waals surface area contributed by atoms with Gasteiger partial charge in [0.1, 0.15) is 0 Å². The van der Waals surface area contributed by atoms with Gasteiger partial charge in [-0.3, -0.25) is 0 Å². The van der Waals surface area contributed by atoms with E-state index in [1.807, 2.05) is 11.8 Å². The Morgan fingerprint density at radius 1 is 1.00 bits per heavy atom. The second-order valence-electron chi connectivity index (χ2n) is 4.86. The van der Waals surface area contributed by atoms with E-state index in [9.17, 15) is 0 Å². The fourth-order valence-corrected chi connectivity index (χ4v) is 2.98. The summed E-state index contributed by atoms with van der Waals surface area (Å²) in [5, 5.41) is 1.98. The van der Waals surface area contributed by atoms with E-state index >= 15 is 0 Å². The molecule has 17 heavy (non-hydrogen) atoms. The van der Waals surface area contributed by atoms with Gasteiger partial charge in [0.2, 0.25) is 5.52 Å². The maximum absolute atomic E-state index is 2.33. The molecule has 1 nitrogen and oxygen atoms in total. The van der Waals surface area contributed by atoms with Crippen molar-refractivity contribution >= 4 is 22.7 Å². The minimum atomic E-state index is 0.498. The van der Waals surface area contributed by atoms with Crippen LogP contribution in [0.2, 0.25) is 0 Å². The SMILES string of the molecule is CC(C)Sc1cc[n+](C(C)C)c2ccccc12. The van der Waals surface area contributed by atoms with Gasteiger partial charge in [0.15, 0.2) is 12.2 Å². The van der Waals surface area contributed by atoms with Gasteiger partial charge in [0.05, 0.1) is 5.39 Å². The van der Waals surface area contributed by atoms with Gasteiger partial charge < -0.3 is 0 Å². The Morgan fingerprint density at radius 2 is 1.71 bits per heavy atom. The second kappa shape index (κ2) is 5.09. The van der Waals surface area contributed by atoms with Crippen LogP contribution >= 0.6 is 11.8 Å². The molecule has 2 aromatic rings. The fraction of sp³-hybridized carbons (Fsp3) is 0.400. The molecule has 0 aliphatic carbocycles. The fourth-order valence-electron chi connectivity index (χ4n) is 2.03. The molecule has 0 spiro atoms. The summed E-state index contributed by atoms with van der Waals surface area (Å²) in [6.07, 6.45) is 2.21. The van der Waals surface area contributed by atoms with Crippen LogP contribution in [0.25, 0.3) is 10.9 Å². The summed E-state index contributed by atoms with van der Waals surface area (Å²) in [4.78, 5) is 1.38. The topological polar surface area (TPSA) is 3.88 Å². The highest BCUT2D eigenvalue weighted by Crippen LogP contribution is 2.29. The number of fused-ring (bicyclic) bond motifs is 1. The highest BCUT2D eigenvalue weighted by atomic mass is 32.2. The van der Waals surface area contributed by atoms with Crippen LogP contribution in [0.15, 0.2) is 41.4 Å². The number of hydrogen-bond acceptors (Lipinski definition) is 1. The molecule has 0 fully saturated rings. The van der Waals surface area contributed by atoms with Crippen molar-refractivity contribution in [1.29, 1.82) is 0 Å². The monoisotopic (exact) mass is 246 g/mol. The summed E-state index contributed by atoms with van der Waals surface area (Å²) in [5.74, 6) is 0. The summed E-state index contributed by atoms with van der Waals surface area (Å²) in [6, 6.07) is 11.4. The molecular formula is C15H20NS+. The van der Waals surface area contributed by atoms with Gasteiger partial charge in [-0.05, 0) is 19.9 Å². The third kappa shape index (κ3) is 2.63. The normalized spacial score (nSPS) is 11.6. The summed E-state index contributed by atoms with van der Waals surface area (Å²) in [7, 11) is 0. The van der Waals surface area contributed by atoms with Crippen LogP contribution in [0.3, 0.4) is 0 Å². The third-order valence-electron chi connectivity index (χ3n) is 2.75. The van der Waals surface area contributed by atoms with E-state index in [0.717, 1.165) is 0 Å². The number of thioether (sulfide) groups is 1. The summed E-state index contributed by atoms with van der Waals surface area (Å²) in [5.41, 5.74) is 1.33. The van der Waals surface area contributed by atoms with Crippen LogP contribution in [0.5, 0.6) is 0 Å². The Hall–Kier alpha value is -1.02. The van der Waals surface area contributed by atoms with Crippen molar-refractivity contribution in [3.8, 4) is 0 Å². The van der Waals surface area contributed by atoms with Gasteiger partial charge >= 0.3 is 0 Å². The molecule has 0 unspecified atom stereocenters. The van der Waals surface area contributed by atoms with Crippen molar-refractivity contribution in [2.24, 2.45) is 0 Å². The molecule has 1 heterocycles. The lowest BCUT2D eigenvalue weighted by atomic mass is 10.2. The quantitative estimate of drug-likeness (QED) is 0.579. The minimum Gasteiger partial charge on any atom is -0.196 e. The molecule has 2 rings (SSSR count). The van der Waals surface area contributed by atoms with Crippen LogP contribution in [0.4, 0.5) is 0 Å². The Balaban J connectivity index is 2.62. The molecule has 0 aliphatic rings. The van der Waals surface area contributed by atoms with Crippen LogP contribution in [-0.4, -0.2) is 5.25 Å². The summed E-state index contributed by atoms with van der Waals surface area (Å²) < 4.78 is 2.33. The molecule has 90 valence electrons. The van der Waals surface area contributed by atoms with Gasteiger partial charge in [-0.2, -0.15) is 4.57 Å². The van der Waals surface area contributed by atoms with E-state index in [-0.39, 0.29) is 0 Å². The summed E-state index contributed by atoms with van der Waals surface area (Å²) >= 11 is 1.94. The maximum atomic E-state index is 2.33. The lowest BCUT2D eigenvalue weighted by molar-refractivity contribution is -0.691. The van der Waals surface area contributed by atoms with E-state index in [1.54, 1.807) is 0 Å². The molecule has 1 aromatic carbocycles. The lowest BCUT2D eigenvalue weighted by Gasteiger charge is -2.10. The number of aromatic nitrogens is 1. The van der Waals surface area contributed by atoms with Gasteiger partial charge in [-0.25, -0.2) is 0 Å². The van der Waals surface area contributed by atoms with Crippen molar-refractivity contribution in [1.82, 2.24) is 0 Å². The van der Waals surface area contributed by atoms with Crippen molar-refractivity contribution in [3.63, 3.8) is 0 Å². The van der Waals surface area contributed by atoms with Crippen molar-refractivity contribution in [3.05, 3.63) is 36.5 Å². The smallest absolute Gasteiger partial charge is 0.196 e. The molecule has 0 aliphatic heterocycles. The Labute approximate surface area is 108 Å². The molecule has 0 bridgehead atoms. The molecule has 0 N–H and O–H groups in total. The van der Waals surface area contributed by atoms with Gasteiger partial charge in [0, 0.05) is 22.3 Å². The molecule has 0 radical (unpaired) electrons. The first-order chi connectivity index (χ1) is 8.09. The zero-order chi connectivity index (χ0) is 12.4. The Bertz CT molecular complexity index is 517. The van der Waals surface area contributed by atoms with Crippen LogP contribution in [0, 0.1) is 0 Å². The van der Waals surface area contributed by atoms with E-state index in [2.05, 4.69) is 68.8 Å². The van der Waals surface area contributed by atoms with E-state index in [4.69, 9.17) is 0 Å². The van der Waals surface area contributed by atoms with E-state index < -0.39 is 0 Å². The van der Waals surface area contributed by atoms with Crippen LogP contribution in [-0.2, 0) is 0 Å². The molecule has 0 saturated carbocycles. The predicted molar refractivity (Wildman–Crippen MR) is 75.5 cm³/mol. The Morgan fingerprint density at radius 3 is 2.35 bits per heavy atom. The first kappa shape index (κ1) is 12.4. The van der Waals surface area contributed by atoms with E-state index in [1.165, 1.54) is 15.8 Å². The maximum Gasteiger partial charge on any atom is 0.213 e. The number of pyridine rings is 1. The van der Waals surface area contributed by atoms with Crippen molar-refractivity contribution < 1.29 is 4.57 Å². The first-order valence-electron chi connectivity index (χ1n) is 6.19. The van der Waals surface area contributed by atoms with Gasteiger partial charge in [-0.1, -0.05) is 26.0 Å². The highest BCUT2D eigenvalue weighted by Gasteiger charge is 2.15. The van der Waals surface area contributed by atoms with Crippen LogP contribution in [0.1, 0.15) is 33.7 Å². The molecule has 0 amide bonds. The average Bonchev–Trinajstić information content (AvgIpc) is 2.28. The zero-order valence-electron chi connectivity index (χ0n) is 11.0. The highest BCUT2D eigenvalue weighted by molar-refractivity contribution is 8.00. The molecule has 2 heteroatoms. The number of para-hydroxylation sites is 1. The third-order valence-corrected chi connectivity index (χ3v) is 3.83. The predicted octanol–water partition coefficient (Wildman–Crippen LogP) is 4.21. The van der Waals surface area contributed by atoms with Gasteiger partial charge in [-0.15, -0.1) is 11.8 Å². The largest absolute Gasteiger partial charge is 0.213 e. The number of rotatable bonds is 3.